The largest absolute Gasteiger partial charge is 0.339 e. The van der Waals surface area contributed by atoms with Gasteiger partial charge in [-0.2, -0.15) is 5.10 Å². The molecular formula is C15H19N5O2. The van der Waals surface area contributed by atoms with Gasteiger partial charge in [0.05, 0.1) is 11.3 Å². The molecule has 0 saturated carbocycles. The Morgan fingerprint density at radius 2 is 2.23 bits per heavy atom. The van der Waals surface area contributed by atoms with E-state index < -0.39 is 0 Å². The van der Waals surface area contributed by atoms with Crippen LogP contribution in [0.3, 0.4) is 0 Å². The van der Waals surface area contributed by atoms with Crippen molar-refractivity contribution in [3.05, 3.63) is 17.8 Å². The highest BCUT2D eigenvalue weighted by Crippen LogP contribution is 2.24. The zero-order valence-electron chi connectivity index (χ0n) is 12.9. The van der Waals surface area contributed by atoms with E-state index in [-0.39, 0.29) is 30.2 Å². The quantitative estimate of drug-likeness (QED) is 0.898. The standard InChI is InChI=1S/C15H19N5O2/c1-8(2)20-7-10(6-12(20)21)15(22)17-14-11-5-4-9(3)16-13(11)18-19-14/h4-5,8,10H,6-7H2,1-3H3,(H2,16,17,18,19,22). The van der Waals surface area contributed by atoms with E-state index in [1.54, 1.807) is 4.90 Å². The summed E-state index contributed by atoms with van der Waals surface area (Å²) in [5.74, 6) is -0.0206. The lowest BCUT2D eigenvalue weighted by atomic mass is 10.1. The lowest BCUT2D eigenvalue weighted by molar-refractivity contribution is -0.129. The zero-order valence-corrected chi connectivity index (χ0v) is 12.9. The highest BCUT2D eigenvalue weighted by molar-refractivity contribution is 6.01. The van der Waals surface area contributed by atoms with Crippen LogP contribution in [-0.4, -0.2) is 44.5 Å². The van der Waals surface area contributed by atoms with E-state index in [2.05, 4.69) is 20.5 Å². The van der Waals surface area contributed by atoms with Gasteiger partial charge in [0.1, 0.15) is 0 Å². The van der Waals surface area contributed by atoms with E-state index in [4.69, 9.17) is 0 Å². The van der Waals surface area contributed by atoms with Crippen molar-refractivity contribution in [2.45, 2.75) is 33.2 Å². The van der Waals surface area contributed by atoms with Crippen LogP contribution in [0.2, 0.25) is 0 Å². The fourth-order valence-corrected chi connectivity index (χ4v) is 2.72. The third kappa shape index (κ3) is 2.54. The smallest absolute Gasteiger partial charge is 0.231 e. The van der Waals surface area contributed by atoms with Crippen LogP contribution >= 0.6 is 0 Å². The molecule has 3 heterocycles. The number of carbonyl (C=O) groups excluding carboxylic acids is 2. The first-order valence-electron chi connectivity index (χ1n) is 7.37. The van der Waals surface area contributed by atoms with Gasteiger partial charge in [0.15, 0.2) is 11.5 Å². The number of hydrogen-bond donors (Lipinski definition) is 2. The molecule has 3 rings (SSSR count). The summed E-state index contributed by atoms with van der Waals surface area (Å²) in [6, 6.07) is 3.85. The second-order valence-corrected chi connectivity index (χ2v) is 5.95. The van der Waals surface area contributed by atoms with Crippen LogP contribution in [0.1, 0.15) is 26.0 Å². The molecule has 0 bridgehead atoms. The van der Waals surface area contributed by atoms with Crippen LogP contribution in [0.5, 0.6) is 0 Å². The molecule has 1 saturated heterocycles. The number of rotatable bonds is 3. The average molecular weight is 301 g/mol. The van der Waals surface area contributed by atoms with E-state index in [1.165, 1.54) is 0 Å². The second kappa shape index (κ2) is 5.40. The summed E-state index contributed by atoms with van der Waals surface area (Å²) < 4.78 is 0. The fourth-order valence-electron chi connectivity index (χ4n) is 2.72. The zero-order chi connectivity index (χ0) is 15.9. The molecule has 1 unspecified atom stereocenters. The SMILES string of the molecule is Cc1ccc2c(NC(=O)C3CC(=O)N(C(C)C)C3)n[nH]c2n1. The molecule has 0 radical (unpaired) electrons. The summed E-state index contributed by atoms with van der Waals surface area (Å²) in [4.78, 5) is 30.3. The number of hydrogen-bond acceptors (Lipinski definition) is 4. The second-order valence-electron chi connectivity index (χ2n) is 5.95. The number of H-pyrrole nitrogens is 1. The Balaban J connectivity index is 1.75. The van der Waals surface area contributed by atoms with Crippen LogP contribution in [0, 0.1) is 12.8 Å². The molecule has 7 nitrogen and oxygen atoms in total. The van der Waals surface area contributed by atoms with Gasteiger partial charge < -0.3 is 10.2 Å². The van der Waals surface area contributed by atoms with Crippen molar-refractivity contribution < 1.29 is 9.59 Å². The summed E-state index contributed by atoms with van der Waals surface area (Å²) in [6.45, 7) is 6.26. The van der Waals surface area contributed by atoms with Gasteiger partial charge in [0.25, 0.3) is 0 Å². The minimum absolute atomic E-state index is 0.0272. The van der Waals surface area contributed by atoms with E-state index in [0.717, 1.165) is 11.1 Å². The van der Waals surface area contributed by atoms with Crippen LogP contribution in [0.15, 0.2) is 12.1 Å². The molecule has 2 aromatic heterocycles. The Hall–Kier alpha value is -2.44. The highest BCUT2D eigenvalue weighted by atomic mass is 16.2. The third-order valence-corrected chi connectivity index (χ3v) is 3.96. The highest BCUT2D eigenvalue weighted by Gasteiger charge is 2.35. The van der Waals surface area contributed by atoms with Crippen molar-refractivity contribution >= 4 is 28.7 Å². The number of fused-ring (bicyclic) bond motifs is 1. The maximum absolute atomic E-state index is 12.4. The third-order valence-electron chi connectivity index (χ3n) is 3.96. The molecule has 22 heavy (non-hydrogen) atoms. The fraction of sp³-hybridized carbons (Fsp3) is 0.467. The predicted molar refractivity (Wildman–Crippen MR) is 82.2 cm³/mol. The Bertz CT molecular complexity index is 737. The molecule has 1 atom stereocenters. The van der Waals surface area contributed by atoms with Gasteiger partial charge >= 0.3 is 0 Å². The Morgan fingerprint density at radius 1 is 1.45 bits per heavy atom. The molecule has 2 amide bonds. The van der Waals surface area contributed by atoms with Crippen molar-refractivity contribution in [3.63, 3.8) is 0 Å². The molecule has 2 N–H and O–H groups in total. The molecule has 0 aliphatic carbocycles. The van der Waals surface area contributed by atoms with E-state index >= 15 is 0 Å². The Labute approximate surface area is 128 Å². The predicted octanol–water partition coefficient (Wildman–Crippen LogP) is 1.46. The van der Waals surface area contributed by atoms with Gasteiger partial charge in [-0.05, 0) is 32.9 Å². The number of amides is 2. The summed E-state index contributed by atoms with van der Waals surface area (Å²) in [5.41, 5.74) is 1.52. The molecule has 116 valence electrons. The van der Waals surface area contributed by atoms with E-state index in [0.29, 0.717) is 18.0 Å². The Morgan fingerprint density at radius 3 is 2.91 bits per heavy atom. The van der Waals surface area contributed by atoms with Crippen molar-refractivity contribution in [1.29, 1.82) is 0 Å². The van der Waals surface area contributed by atoms with Crippen molar-refractivity contribution in [1.82, 2.24) is 20.1 Å². The molecular weight excluding hydrogens is 282 g/mol. The molecule has 0 spiro atoms. The van der Waals surface area contributed by atoms with Gasteiger partial charge in [-0.3, -0.25) is 14.7 Å². The topological polar surface area (TPSA) is 91.0 Å². The summed E-state index contributed by atoms with van der Waals surface area (Å²) >= 11 is 0. The summed E-state index contributed by atoms with van der Waals surface area (Å²) in [5, 5.41) is 10.5. The number of likely N-dealkylation sites (tertiary alicyclic amines) is 1. The van der Waals surface area contributed by atoms with Crippen LogP contribution in [0.4, 0.5) is 5.82 Å². The summed E-state index contributed by atoms with van der Waals surface area (Å²) in [6.07, 6.45) is 0.254. The van der Waals surface area contributed by atoms with Crippen LogP contribution in [-0.2, 0) is 9.59 Å². The van der Waals surface area contributed by atoms with Gasteiger partial charge in [-0.25, -0.2) is 4.98 Å². The molecule has 1 aliphatic heterocycles. The number of aromatic amines is 1. The maximum Gasteiger partial charge on any atom is 0.231 e. The van der Waals surface area contributed by atoms with Gasteiger partial charge in [-0.15, -0.1) is 0 Å². The number of pyridine rings is 1. The monoisotopic (exact) mass is 301 g/mol. The average Bonchev–Trinajstić information content (AvgIpc) is 3.02. The first-order chi connectivity index (χ1) is 10.5. The molecule has 2 aromatic rings. The van der Waals surface area contributed by atoms with Gasteiger partial charge in [0, 0.05) is 24.7 Å². The van der Waals surface area contributed by atoms with Crippen molar-refractivity contribution in [2.75, 3.05) is 11.9 Å². The first-order valence-corrected chi connectivity index (χ1v) is 7.37. The summed E-state index contributed by atoms with van der Waals surface area (Å²) in [7, 11) is 0. The molecule has 1 fully saturated rings. The number of anilines is 1. The number of nitrogens with zero attached hydrogens (tertiary/aromatic N) is 3. The van der Waals surface area contributed by atoms with Gasteiger partial charge in [0.2, 0.25) is 11.8 Å². The lowest BCUT2D eigenvalue weighted by Crippen LogP contribution is -2.33. The van der Waals surface area contributed by atoms with Gasteiger partial charge in [-0.1, -0.05) is 0 Å². The number of aryl methyl sites for hydroxylation is 1. The van der Waals surface area contributed by atoms with E-state index in [1.807, 2.05) is 32.9 Å². The molecule has 1 aliphatic rings. The maximum atomic E-state index is 12.4. The van der Waals surface area contributed by atoms with Crippen LogP contribution < -0.4 is 5.32 Å². The first kappa shape index (κ1) is 14.5. The Kier molecular flexibility index (Phi) is 3.56. The number of carbonyl (C=O) groups is 2. The van der Waals surface area contributed by atoms with Crippen molar-refractivity contribution in [2.24, 2.45) is 5.92 Å². The minimum Gasteiger partial charge on any atom is -0.339 e. The number of aromatic nitrogens is 3. The molecule has 0 aromatic carbocycles. The lowest BCUT2D eigenvalue weighted by Gasteiger charge is -2.20. The number of nitrogens with one attached hydrogen (secondary N) is 2. The molecule has 7 heteroatoms. The normalized spacial score (nSPS) is 18.5. The minimum atomic E-state index is -0.333. The van der Waals surface area contributed by atoms with Crippen molar-refractivity contribution in [3.8, 4) is 0 Å². The van der Waals surface area contributed by atoms with E-state index in [9.17, 15) is 9.59 Å². The van der Waals surface area contributed by atoms with Crippen LogP contribution in [0.25, 0.3) is 11.0 Å².